The molecule has 0 aromatic carbocycles. The molecule has 0 amide bonds. The Kier molecular flexibility index (Phi) is 2.30. The minimum atomic E-state index is 0.0248. The van der Waals surface area contributed by atoms with Gasteiger partial charge < -0.3 is 10.3 Å². The molecule has 76 valence electrons. The smallest absolute Gasteiger partial charge is 0.146 e. The van der Waals surface area contributed by atoms with E-state index >= 15 is 0 Å². The van der Waals surface area contributed by atoms with Crippen molar-refractivity contribution in [3.63, 3.8) is 0 Å². The van der Waals surface area contributed by atoms with Gasteiger partial charge in [-0.1, -0.05) is 12.8 Å². The molecule has 4 heteroatoms. The van der Waals surface area contributed by atoms with Crippen LogP contribution in [0.25, 0.3) is 11.0 Å². The second-order valence-electron chi connectivity index (χ2n) is 3.31. The molecule has 0 aliphatic heterocycles. The number of hydrogen-bond donors (Lipinski definition) is 1. The highest BCUT2D eigenvalue weighted by molar-refractivity contribution is 5.86. The van der Waals surface area contributed by atoms with Crippen molar-refractivity contribution in [1.82, 2.24) is 14.5 Å². The van der Waals surface area contributed by atoms with Crippen molar-refractivity contribution in [3.05, 3.63) is 18.6 Å². The third-order valence-corrected chi connectivity index (χ3v) is 2.45. The summed E-state index contributed by atoms with van der Waals surface area (Å²) in [4.78, 5) is 8.13. The lowest BCUT2D eigenvalue weighted by Crippen LogP contribution is -2.05. The molecule has 2 aromatic rings. The molecule has 0 saturated carbocycles. The SMILES string of the molecule is C#CC(CC)n1ccc2c(N)ncnc21. The molecule has 0 fully saturated rings. The molecule has 0 aliphatic rings. The summed E-state index contributed by atoms with van der Waals surface area (Å²) in [5.74, 6) is 3.22. The van der Waals surface area contributed by atoms with E-state index in [0.717, 1.165) is 17.5 Å². The number of nitrogens with two attached hydrogens (primary N) is 1. The van der Waals surface area contributed by atoms with Crippen LogP contribution >= 0.6 is 0 Å². The Morgan fingerprint density at radius 3 is 3.07 bits per heavy atom. The number of terminal acetylenes is 1. The highest BCUT2D eigenvalue weighted by atomic mass is 15.1. The molecule has 0 bridgehead atoms. The van der Waals surface area contributed by atoms with Crippen LogP contribution in [-0.2, 0) is 0 Å². The van der Waals surface area contributed by atoms with Crippen molar-refractivity contribution in [2.75, 3.05) is 5.73 Å². The van der Waals surface area contributed by atoms with Crippen LogP contribution in [-0.4, -0.2) is 14.5 Å². The van der Waals surface area contributed by atoms with Crippen molar-refractivity contribution in [2.24, 2.45) is 0 Å². The van der Waals surface area contributed by atoms with Gasteiger partial charge in [0, 0.05) is 6.20 Å². The van der Waals surface area contributed by atoms with Gasteiger partial charge in [-0.3, -0.25) is 0 Å². The molecule has 1 unspecified atom stereocenters. The van der Waals surface area contributed by atoms with Gasteiger partial charge in [0.1, 0.15) is 17.8 Å². The zero-order chi connectivity index (χ0) is 10.8. The van der Waals surface area contributed by atoms with Gasteiger partial charge in [0.15, 0.2) is 0 Å². The minimum absolute atomic E-state index is 0.0248. The summed E-state index contributed by atoms with van der Waals surface area (Å²) < 4.78 is 1.95. The number of aromatic nitrogens is 3. The Bertz CT molecular complexity index is 521. The standard InChI is InChI=1S/C11H12N4/c1-3-8(4-2)15-6-5-9-10(12)13-7-14-11(9)15/h1,5-8H,4H2,2H3,(H2,12,13,14). The van der Waals surface area contributed by atoms with E-state index in [1.54, 1.807) is 0 Å². The molecule has 0 spiro atoms. The summed E-state index contributed by atoms with van der Waals surface area (Å²) in [7, 11) is 0. The maximum absolute atomic E-state index is 5.74. The fraction of sp³-hybridized carbons (Fsp3) is 0.273. The molecule has 2 rings (SSSR count). The van der Waals surface area contributed by atoms with E-state index in [-0.39, 0.29) is 6.04 Å². The number of nitrogen functional groups attached to an aromatic ring is 1. The van der Waals surface area contributed by atoms with Gasteiger partial charge in [-0.05, 0) is 12.5 Å². The van der Waals surface area contributed by atoms with Crippen molar-refractivity contribution in [3.8, 4) is 12.3 Å². The maximum Gasteiger partial charge on any atom is 0.146 e. The summed E-state index contributed by atoms with van der Waals surface area (Å²) in [5.41, 5.74) is 6.53. The molecule has 1 atom stereocenters. The Morgan fingerprint density at radius 1 is 1.60 bits per heavy atom. The molecular formula is C11H12N4. The molecule has 0 radical (unpaired) electrons. The van der Waals surface area contributed by atoms with E-state index in [9.17, 15) is 0 Å². The second kappa shape index (κ2) is 3.62. The van der Waals surface area contributed by atoms with Crippen LogP contribution in [0.4, 0.5) is 5.82 Å². The van der Waals surface area contributed by atoms with Crippen molar-refractivity contribution in [1.29, 1.82) is 0 Å². The molecule has 2 aromatic heterocycles. The van der Waals surface area contributed by atoms with Crippen molar-refractivity contribution >= 4 is 16.9 Å². The van der Waals surface area contributed by atoms with Crippen molar-refractivity contribution < 1.29 is 0 Å². The molecule has 0 aliphatic carbocycles. The second-order valence-corrected chi connectivity index (χ2v) is 3.31. The fourth-order valence-electron chi connectivity index (χ4n) is 1.64. The molecule has 0 saturated heterocycles. The average Bonchev–Trinajstić information content (AvgIpc) is 2.66. The topological polar surface area (TPSA) is 56.7 Å². The molecular weight excluding hydrogens is 188 g/mol. The van der Waals surface area contributed by atoms with Gasteiger partial charge in [0.2, 0.25) is 0 Å². The first kappa shape index (κ1) is 9.53. The fourth-order valence-corrected chi connectivity index (χ4v) is 1.64. The van der Waals surface area contributed by atoms with E-state index in [4.69, 9.17) is 12.2 Å². The number of nitrogens with zero attached hydrogens (tertiary/aromatic N) is 3. The predicted molar refractivity (Wildman–Crippen MR) is 60.1 cm³/mol. The highest BCUT2D eigenvalue weighted by Gasteiger charge is 2.10. The van der Waals surface area contributed by atoms with Gasteiger partial charge in [-0.15, -0.1) is 6.42 Å². The molecule has 2 N–H and O–H groups in total. The van der Waals surface area contributed by atoms with Crippen LogP contribution in [0.3, 0.4) is 0 Å². The number of hydrogen-bond acceptors (Lipinski definition) is 3. The first-order chi connectivity index (χ1) is 7.27. The van der Waals surface area contributed by atoms with Crippen LogP contribution in [0.2, 0.25) is 0 Å². The summed E-state index contributed by atoms with van der Waals surface area (Å²) in [5, 5.41) is 0.853. The third-order valence-electron chi connectivity index (χ3n) is 2.45. The average molecular weight is 200 g/mol. The zero-order valence-electron chi connectivity index (χ0n) is 8.51. The third kappa shape index (κ3) is 1.42. The lowest BCUT2D eigenvalue weighted by atomic mass is 10.2. The maximum atomic E-state index is 5.74. The Morgan fingerprint density at radius 2 is 2.40 bits per heavy atom. The van der Waals surface area contributed by atoms with Gasteiger partial charge in [0.25, 0.3) is 0 Å². The lowest BCUT2D eigenvalue weighted by Gasteiger charge is -2.10. The normalized spacial score (nSPS) is 12.5. The Hall–Kier alpha value is -2.02. The van der Waals surface area contributed by atoms with E-state index in [1.165, 1.54) is 6.33 Å². The van der Waals surface area contributed by atoms with E-state index < -0.39 is 0 Å². The van der Waals surface area contributed by atoms with Gasteiger partial charge >= 0.3 is 0 Å². The van der Waals surface area contributed by atoms with Crippen LogP contribution in [0.5, 0.6) is 0 Å². The van der Waals surface area contributed by atoms with E-state index in [0.29, 0.717) is 5.82 Å². The van der Waals surface area contributed by atoms with Crippen LogP contribution in [0.15, 0.2) is 18.6 Å². The van der Waals surface area contributed by atoms with Gasteiger partial charge in [-0.25, -0.2) is 9.97 Å². The summed E-state index contributed by atoms with van der Waals surface area (Å²) in [6, 6.07) is 1.92. The number of fused-ring (bicyclic) bond motifs is 1. The van der Waals surface area contributed by atoms with E-state index in [1.807, 2.05) is 23.8 Å². The summed E-state index contributed by atoms with van der Waals surface area (Å²) in [6.45, 7) is 2.04. The highest BCUT2D eigenvalue weighted by Crippen LogP contribution is 2.22. The first-order valence-electron chi connectivity index (χ1n) is 4.81. The van der Waals surface area contributed by atoms with Crippen LogP contribution < -0.4 is 5.73 Å². The minimum Gasteiger partial charge on any atom is -0.383 e. The number of anilines is 1. The number of rotatable bonds is 2. The Balaban J connectivity index is 2.64. The summed E-state index contributed by atoms with van der Waals surface area (Å²) >= 11 is 0. The lowest BCUT2D eigenvalue weighted by molar-refractivity contribution is 0.620. The summed E-state index contributed by atoms with van der Waals surface area (Å²) in [6.07, 6.45) is 9.69. The van der Waals surface area contributed by atoms with E-state index in [2.05, 4.69) is 15.9 Å². The zero-order valence-corrected chi connectivity index (χ0v) is 8.51. The first-order valence-corrected chi connectivity index (χ1v) is 4.81. The predicted octanol–water partition coefficient (Wildman–Crippen LogP) is 1.60. The molecule has 4 nitrogen and oxygen atoms in total. The largest absolute Gasteiger partial charge is 0.383 e. The molecule has 2 heterocycles. The quantitative estimate of drug-likeness (QED) is 0.749. The van der Waals surface area contributed by atoms with Crippen molar-refractivity contribution in [2.45, 2.75) is 19.4 Å². The van der Waals surface area contributed by atoms with Gasteiger partial charge in [-0.2, -0.15) is 0 Å². The van der Waals surface area contributed by atoms with Crippen LogP contribution in [0, 0.1) is 12.3 Å². The monoisotopic (exact) mass is 200 g/mol. The molecule has 15 heavy (non-hydrogen) atoms. The van der Waals surface area contributed by atoms with Gasteiger partial charge in [0.05, 0.1) is 11.4 Å². The van der Waals surface area contributed by atoms with Crippen LogP contribution in [0.1, 0.15) is 19.4 Å². The Labute approximate surface area is 88.1 Å².